The lowest BCUT2D eigenvalue weighted by atomic mass is 9.80. The number of benzene rings is 1. The fourth-order valence-electron chi connectivity index (χ4n) is 2.20. The van der Waals surface area contributed by atoms with Gasteiger partial charge in [-0.2, -0.15) is 0 Å². The number of rotatable bonds is 3. The summed E-state index contributed by atoms with van der Waals surface area (Å²) in [4.78, 5) is 11.3. The van der Waals surface area contributed by atoms with Gasteiger partial charge in [-0.05, 0) is 45.4 Å². The SMILES string of the molecule is COC(=O)c1ccc(CB2OC(C)(C)C(C)(C)O2)cc1F. The summed E-state index contributed by atoms with van der Waals surface area (Å²) < 4.78 is 30.1. The summed E-state index contributed by atoms with van der Waals surface area (Å²) in [5.74, 6) is -1.29. The van der Waals surface area contributed by atoms with Gasteiger partial charge < -0.3 is 14.0 Å². The number of halogens is 1. The van der Waals surface area contributed by atoms with Crippen LogP contribution in [0, 0.1) is 5.82 Å². The first kappa shape index (κ1) is 16.0. The van der Waals surface area contributed by atoms with Crippen molar-refractivity contribution in [3.05, 3.63) is 35.1 Å². The first-order valence-electron chi connectivity index (χ1n) is 6.88. The third kappa shape index (κ3) is 3.11. The van der Waals surface area contributed by atoms with E-state index >= 15 is 0 Å². The van der Waals surface area contributed by atoms with Gasteiger partial charge in [-0.1, -0.05) is 6.07 Å². The molecule has 4 nitrogen and oxygen atoms in total. The van der Waals surface area contributed by atoms with E-state index in [4.69, 9.17) is 9.31 Å². The average molecular weight is 294 g/mol. The molecule has 0 spiro atoms. The molecular weight excluding hydrogens is 274 g/mol. The van der Waals surface area contributed by atoms with Crippen molar-refractivity contribution in [1.29, 1.82) is 0 Å². The molecule has 6 heteroatoms. The molecule has 0 bridgehead atoms. The predicted molar refractivity (Wildman–Crippen MR) is 77.5 cm³/mol. The highest BCUT2D eigenvalue weighted by Gasteiger charge is 2.50. The van der Waals surface area contributed by atoms with Crippen LogP contribution in [0.3, 0.4) is 0 Å². The first-order chi connectivity index (χ1) is 9.66. The van der Waals surface area contributed by atoms with Gasteiger partial charge in [0.05, 0.1) is 23.9 Å². The Kier molecular flexibility index (Phi) is 4.13. The van der Waals surface area contributed by atoms with E-state index in [0.717, 1.165) is 0 Å². The summed E-state index contributed by atoms with van der Waals surface area (Å²) in [6.45, 7) is 7.86. The minimum atomic E-state index is -0.685. The Labute approximate surface area is 124 Å². The molecule has 1 aromatic carbocycles. The molecule has 0 aliphatic carbocycles. The third-order valence-corrected chi connectivity index (χ3v) is 4.14. The van der Waals surface area contributed by atoms with Crippen molar-refractivity contribution in [3.63, 3.8) is 0 Å². The maximum Gasteiger partial charge on any atom is 0.462 e. The molecule has 0 atom stereocenters. The first-order valence-corrected chi connectivity index (χ1v) is 6.88. The Hall–Kier alpha value is -1.40. The summed E-state index contributed by atoms with van der Waals surface area (Å²) >= 11 is 0. The van der Waals surface area contributed by atoms with Gasteiger partial charge in [-0.15, -0.1) is 0 Å². The number of ether oxygens (including phenoxy) is 1. The molecule has 0 aromatic heterocycles. The quantitative estimate of drug-likeness (QED) is 0.635. The number of esters is 1. The van der Waals surface area contributed by atoms with Crippen molar-refractivity contribution in [2.75, 3.05) is 7.11 Å². The molecule has 1 aliphatic heterocycles. The third-order valence-electron chi connectivity index (χ3n) is 4.14. The molecule has 0 unspecified atom stereocenters. The van der Waals surface area contributed by atoms with Gasteiger partial charge in [0.25, 0.3) is 0 Å². The van der Waals surface area contributed by atoms with Gasteiger partial charge in [0.15, 0.2) is 0 Å². The molecule has 1 aliphatic rings. The van der Waals surface area contributed by atoms with Crippen molar-refractivity contribution >= 4 is 13.1 Å². The predicted octanol–water partition coefficient (Wildman–Crippen LogP) is 2.79. The number of carbonyl (C=O) groups excluding carboxylic acids is 1. The second-order valence-corrected chi connectivity index (χ2v) is 6.20. The molecule has 0 saturated carbocycles. The molecule has 0 radical (unpaired) electrons. The zero-order valence-electron chi connectivity index (χ0n) is 13.0. The van der Waals surface area contributed by atoms with E-state index in [0.29, 0.717) is 11.9 Å². The lowest BCUT2D eigenvalue weighted by molar-refractivity contribution is 0.00578. The summed E-state index contributed by atoms with van der Waals surface area (Å²) in [6.07, 6.45) is 0.422. The fraction of sp³-hybridized carbons (Fsp3) is 0.533. The van der Waals surface area contributed by atoms with Crippen LogP contribution in [0.25, 0.3) is 0 Å². The van der Waals surface area contributed by atoms with Crippen LogP contribution in [0.4, 0.5) is 4.39 Å². The average Bonchev–Trinajstić information content (AvgIpc) is 2.56. The van der Waals surface area contributed by atoms with Gasteiger partial charge >= 0.3 is 13.1 Å². The van der Waals surface area contributed by atoms with Crippen molar-refractivity contribution in [2.24, 2.45) is 0 Å². The smallest absolute Gasteiger partial charge is 0.462 e. The molecule has 114 valence electrons. The Bertz CT molecular complexity index is 541. The number of methoxy groups -OCH3 is 1. The van der Waals surface area contributed by atoms with Crippen LogP contribution in [-0.2, 0) is 20.4 Å². The Morgan fingerprint density at radius 1 is 1.24 bits per heavy atom. The Morgan fingerprint density at radius 2 is 1.81 bits per heavy atom. The van der Waals surface area contributed by atoms with Gasteiger partial charge in [0.2, 0.25) is 0 Å². The maximum atomic E-state index is 13.9. The normalized spacial score (nSPS) is 19.6. The Balaban J connectivity index is 2.12. The topological polar surface area (TPSA) is 44.8 Å². The minimum Gasteiger partial charge on any atom is -0.465 e. The second-order valence-electron chi connectivity index (χ2n) is 6.20. The van der Waals surface area contributed by atoms with Crippen LogP contribution in [0.5, 0.6) is 0 Å². The van der Waals surface area contributed by atoms with Gasteiger partial charge in [-0.25, -0.2) is 9.18 Å². The van der Waals surface area contributed by atoms with E-state index in [9.17, 15) is 9.18 Å². The van der Waals surface area contributed by atoms with E-state index in [1.165, 1.54) is 19.2 Å². The van der Waals surface area contributed by atoms with Crippen molar-refractivity contribution in [3.8, 4) is 0 Å². The summed E-state index contributed by atoms with van der Waals surface area (Å²) in [5.41, 5.74) is -0.196. The monoisotopic (exact) mass is 294 g/mol. The van der Waals surface area contributed by atoms with Crippen molar-refractivity contribution in [1.82, 2.24) is 0 Å². The van der Waals surface area contributed by atoms with Crippen LogP contribution >= 0.6 is 0 Å². The van der Waals surface area contributed by atoms with Gasteiger partial charge in [0.1, 0.15) is 5.82 Å². The summed E-state index contributed by atoms with van der Waals surface area (Å²) in [6, 6.07) is 4.42. The zero-order chi connectivity index (χ0) is 15.8. The van der Waals surface area contributed by atoms with Gasteiger partial charge in [0, 0.05) is 6.32 Å². The molecule has 1 aromatic rings. The van der Waals surface area contributed by atoms with E-state index in [1.54, 1.807) is 6.07 Å². The molecule has 1 saturated heterocycles. The molecule has 1 fully saturated rings. The number of carbonyl (C=O) groups is 1. The largest absolute Gasteiger partial charge is 0.465 e. The number of hydrogen-bond donors (Lipinski definition) is 0. The maximum absolute atomic E-state index is 13.9. The van der Waals surface area contributed by atoms with Crippen LogP contribution < -0.4 is 0 Å². The Morgan fingerprint density at radius 3 is 2.29 bits per heavy atom. The van der Waals surface area contributed by atoms with Crippen LogP contribution in [-0.4, -0.2) is 31.4 Å². The van der Waals surface area contributed by atoms with Crippen LogP contribution in [0.1, 0.15) is 43.6 Å². The van der Waals surface area contributed by atoms with Crippen LogP contribution in [0.2, 0.25) is 0 Å². The standard InChI is InChI=1S/C15H20BFO4/c1-14(2)15(3,4)21-16(20-14)9-10-6-7-11(12(17)8-10)13(18)19-5/h6-8H,9H2,1-5H3. The highest BCUT2D eigenvalue weighted by molar-refractivity contribution is 6.45. The van der Waals surface area contributed by atoms with E-state index in [1.807, 2.05) is 27.7 Å². The lowest BCUT2D eigenvalue weighted by Gasteiger charge is -2.32. The lowest BCUT2D eigenvalue weighted by Crippen LogP contribution is -2.41. The zero-order valence-corrected chi connectivity index (χ0v) is 13.0. The summed E-state index contributed by atoms with van der Waals surface area (Å²) in [5, 5.41) is 0. The highest BCUT2D eigenvalue weighted by Crippen LogP contribution is 2.37. The molecule has 21 heavy (non-hydrogen) atoms. The van der Waals surface area contributed by atoms with Crippen molar-refractivity contribution in [2.45, 2.75) is 45.2 Å². The molecule has 0 amide bonds. The van der Waals surface area contributed by atoms with Crippen LogP contribution in [0.15, 0.2) is 18.2 Å². The van der Waals surface area contributed by atoms with Crippen molar-refractivity contribution < 1.29 is 23.2 Å². The minimum absolute atomic E-state index is 0.0739. The second kappa shape index (κ2) is 5.42. The molecular formula is C15H20BFO4. The highest BCUT2D eigenvalue weighted by atomic mass is 19.1. The number of hydrogen-bond acceptors (Lipinski definition) is 4. The molecule has 0 N–H and O–H groups in total. The summed E-state index contributed by atoms with van der Waals surface area (Å²) in [7, 11) is 0.790. The van der Waals surface area contributed by atoms with E-state index in [2.05, 4.69) is 4.74 Å². The fourth-order valence-corrected chi connectivity index (χ4v) is 2.20. The molecule has 2 rings (SSSR count). The van der Waals surface area contributed by atoms with E-state index in [-0.39, 0.29) is 5.56 Å². The molecule has 1 heterocycles. The van der Waals surface area contributed by atoms with E-state index < -0.39 is 30.1 Å². The van der Waals surface area contributed by atoms with Gasteiger partial charge in [-0.3, -0.25) is 0 Å².